The van der Waals surface area contributed by atoms with E-state index in [9.17, 15) is 4.79 Å². The highest BCUT2D eigenvalue weighted by molar-refractivity contribution is 5.64. The van der Waals surface area contributed by atoms with Crippen LogP contribution in [-0.2, 0) is 4.79 Å². The summed E-state index contributed by atoms with van der Waals surface area (Å²) in [4.78, 5) is 11.3. The monoisotopic (exact) mass is 224 g/mol. The van der Waals surface area contributed by atoms with Crippen LogP contribution < -0.4 is 0 Å². The maximum absolute atomic E-state index is 11.3. The van der Waals surface area contributed by atoms with E-state index in [-0.39, 0.29) is 11.8 Å². The van der Waals surface area contributed by atoms with Crippen LogP contribution in [0.4, 0.5) is 0 Å². The van der Waals surface area contributed by atoms with E-state index in [1.54, 1.807) is 0 Å². The Kier molecular flexibility index (Phi) is 3.71. The fourth-order valence-electron chi connectivity index (χ4n) is 2.12. The van der Waals surface area contributed by atoms with Crippen molar-refractivity contribution >= 4 is 6.29 Å². The zero-order valence-corrected chi connectivity index (χ0v) is 9.91. The molecule has 0 N–H and O–H groups in total. The van der Waals surface area contributed by atoms with Crippen LogP contribution in [-0.4, -0.2) is 6.29 Å². The summed E-state index contributed by atoms with van der Waals surface area (Å²) in [5, 5.41) is 0. The molecule has 2 rings (SSSR count). The molecule has 0 aliphatic carbocycles. The van der Waals surface area contributed by atoms with Gasteiger partial charge in [0.05, 0.1) is 0 Å². The Morgan fingerprint density at radius 1 is 0.824 bits per heavy atom. The minimum absolute atomic E-state index is 0.0707. The fraction of sp³-hybridized carbons (Fsp3) is 0.188. The van der Waals surface area contributed by atoms with Gasteiger partial charge in [-0.25, -0.2) is 0 Å². The zero-order valence-electron chi connectivity index (χ0n) is 9.91. The summed E-state index contributed by atoms with van der Waals surface area (Å²) in [7, 11) is 0. The van der Waals surface area contributed by atoms with Gasteiger partial charge in [-0.1, -0.05) is 67.6 Å². The van der Waals surface area contributed by atoms with Gasteiger partial charge in [0.15, 0.2) is 0 Å². The molecular weight excluding hydrogens is 208 g/mol. The molecule has 2 aromatic rings. The van der Waals surface area contributed by atoms with Crippen molar-refractivity contribution in [1.82, 2.24) is 0 Å². The van der Waals surface area contributed by atoms with Gasteiger partial charge in [0, 0.05) is 5.92 Å². The SMILES string of the molecule is C[C@H](c1ccccc1)[C@H](C=O)c1ccccc1. The van der Waals surface area contributed by atoms with Gasteiger partial charge < -0.3 is 4.79 Å². The molecule has 0 aliphatic heterocycles. The first-order chi connectivity index (χ1) is 8.33. The molecule has 1 nitrogen and oxygen atoms in total. The highest BCUT2D eigenvalue weighted by atomic mass is 16.1. The Morgan fingerprint density at radius 2 is 1.29 bits per heavy atom. The number of rotatable bonds is 4. The molecule has 0 fully saturated rings. The number of hydrogen-bond acceptors (Lipinski definition) is 1. The van der Waals surface area contributed by atoms with Gasteiger partial charge >= 0.3 is 0 Å². The molecule has 0 aromatic heterocycles. The minimum atomic E-state index is -0.0707. The molecule has 0 spiro atoms. The maximum atomic E-state index is 11.3. The molecule has 0 aliphatic rings. The van der Waals surface area contributed by atoms with Crippen molar-refractivity contribution in [1.29, 1.82) is 0 Å². The van der Waals surface area contributed by atoms with Crippen molar-refractivity contribution in [3.05, 3.63) is 71.8 Å². The Morgan fingerprint density at radius 3 is 1.76 bits per heavy atom. The molecule has 86 valence electrons. The normalized spacial score (nSPS) is 13.9. The number of carbonyl (C=O) groups excluding carboxylic acids is 1. The van der Waals surface area contributed by atoms with Crippen molar-refractivity contribution < 1.29 is 4.79 Å². The number of carbonyl (C=O) groups is 1. The van der Waals surface area contributed by atoms with E-state index >= 15 is 0 Å². The van der Waals surface area contributed by atoms with E-state index in [1.165, 1.54) is 5.56 Å². The van der Waals surface area contributed by atoms with Crippen molar-refractivity contribution in [2.45, 2.75) is 18.8 Å². The first-order valence-electron chi connectivity index (χ1n) is 5.88. The van der Waals surface area contributed by atoms with E-state index < -0.39 is 0 Å². The molecule has 1 heteroatoms. The molecule has 0 unspecified atom stereocenters. The molecule has 0 saturated heterocycles. The van der Waals surface area contributed by atoms with E-state index in [1.807, 2.05) is 48.5 Å². The smallest absolute Gasteiger partial charge is 0.128 e. The highest BCUT2D eigenvalue weighted by Gasteiger charge is 2.19. The summed E-state index contributed by atoms with van der Waals surface area (Å²) >= 11 is 0. The Balaban J connectivity index is 2.28. The van der Waals surface area contributed by atoms with E-state index in [0.29, 0.717) is 0 Å². The number of hydrogen-bond donors (Lipinski definition) is 0. The van der Waals surface area contributed by atoms with Crippen molar-refractivity contribution in [3.8, 4) is 0 Å². The van der Waals surface area contributed by atoms with Gasteiger partial charge in [0.25, 0.3) is 0 Å². The second-order valence-electron chi connectivity index (χ2n) is 4.27. The molecule has 17 heavy (non-hydrogen) atoms. The summed E-state index contributed by atoms with van der Waals surface area (Å²) in [6.45, 7) is 2.10. The van der Waals surface area contributed by atoms with Crippen LogP contribution in [0.25, 0.3) is 0 Å². The van der Waals surface area contributed by atoms with Gasteiger partial charge in [0.1, 0.15) is 6.29 Å². The molecular formula is C16H16O. The van der Waals surface area contributed by atoms with Gasteiger partial charge in [0.2, 0.25) is 0 Å². The molecule has 0 heterocycles. The third-order valence-corrected chi connectivity index (χ3v) is 3.20. The Hall–Kier alpha value is -1.89. The zero-order chi connectivity index (χ0) is 12.1. The highest BCUT2D eigenvalue weighted by Crippen LogP contribution is 2.30. The van der Waals surface area contributed by atoms with Crippen molar-refractivity contribution in [2.75, 3.05) is 0 Å². The van der Waals surface area contributed by atoms with Gasteiger partial charge in [-0.2, -0.15) is 0 Å². The maximum Gasteiger partial charge on any atom is 0.128 e. The predicted molar refractivity (Wildman–Crippen MR) is 70.1 cm³/mol. The van der Waals surface area contributed by atoms with Crippen molar-refractivity contribution in [3.63, 3.8) is 0 Å². The lowest BCUT2D eigenvalue weighted by atomic mass is 9.84. The van der Waals surface area contributed by atoms with Crippen LogP contribution in [0, 0.1) is 0 Å². The van der Waals surface area contributed by atoms with Crippen LogP contribution in [0.3, 0.4) is 0 Å². The summed E-state index contributed by atoms with van der Waals surface area (Å²) < 4.78 is 0. The van der Waals surface area contributed by atoms with E-state index in [4.69, 9.17) is 0 Å². The van der Waals surface area contributed by atoms with Crippen LogP contribution in [0.15, 0.2) is 60.7 Å². The largest absolute Gasteiger partial charge is 0.303 e. The lowest BCUT2D eigenvalue weighted by molar-refractivity contribution is -0.109. The summed E-state index contributed by atoms with van der Waals surface area (Å²) in [5.41, 5.74) is 2.28. The van der Waals surface area contributed by atoms with Gasteiger partial charge in [-0.15, -0.1) is 0 Å². The third kappa shape index (κ3) is 2.62. The molecule has 2 atom stereocenters. The van der Waals surface area contributed by atoms with Crippen LogP contribution >= 0.6 is 0 Å². The molecule has 2 aromatic carbocycles. The first kappa shape index (κ1) is 11.6. The average molecular weight is 224 g/mol. The quantitative estimate of drug-likeness (QED) is 0.722. The molecule has 0 radical (unpaired) electrons. The Labute approximate surface area is 102 Å². The average Bonchev–Trinajstić information content (AvgIpc) is 2.42. The van der Waals surface area contributed by atoms with Crippen LogP contribution in [0.5, 0.6) is 0 Å². The Bertz CT molecular complexity index is 461. The van der Waals surface area contributed by atoms with E-state index in [2.05, 4.69) is 19.1 Å². The minimum Gasteiger partial charge on any atom is -0.303 e. The van der Waals surface area contributed by atoms with Crippen molar-refractivity contribution in [2.24, 2.45) is 0 Å². The first-order valence-corrected chi connectivity index (χ1v) is 5.88. The van der Waals surface area contributed by atoms with Crippen LogP contribution in [0.1, 0.15) is 29.9 Å². The summed E-state index contributed by atoms with van der Waals surface area (Å²) in [6, 6.07) is 20.1. The molecule has 0 amide bonds. The summed E-state index contributed by atoms with van der Waals surface area (Å²) in [6.07, 6.45) is 1.05. The topological polar surface area (TPSA) is 17.1 Å². The lowest BCUT2D eigenvalue weighted by Gasteiger charge is -2.19. The summed E-state index contributed by atoms with van der Waals surface area (Å²) in [5.74, 6) is 0.134. The lowest BCUT2D eigenvalue weighted by Crippen LogP contribution is -2.09. The van der Waals surface area contributed by atoms with Gasteiger partial charge in [-0.3, -0.25) is 0 Å². The third-order valence-electron chi connectivity index (χ3n) is 3.20. The van der Waals surface area contributed by atoms with Gasteiger partial charge in [-0.05, 0) is 17.0 Å². The number of aldehydes is 1. The van der Waals surface area contributed by atoms with E-state index in [0.717, 1.165) is 11.8 Å². The molecule has 0 bridgehead atoms. The molecule has 0 saturated carbocycles. The predicted octanol–water partition coefficient (Wildman–Crippen LogP) is 3.77. The fourth-order valence-corrected chi connectivity index (χ4v) is 2.12. The standard InChI is InChI=1S/C16H16O/c1-13(14-8-4-2-5-9-14)16(12-17)15-10-6-3-7-11-15/h2-13,16H,1H3/t13-,16+/m1/s1. The van der Waals surface area contributed by atoms with Crippen LogP contribution in [0.2, 0.25) is 0 Å². The number of benzene rings is 2. The second-order valence-corrected chi connectivity index (χ2v) is 4.27. The second kappa shape index (κ2) is 5.44.